The van der Waals surface area contributed by atoms with Gasteiger partial charge in [0.2, 0.25) is 0 Å². The molecule has 0 saturated carbocycles. The van der Waals surface area contributed by atoms with Crippen LogP contribution in [0.3, 0.4) is 0 Å². The molecule has 1 aromatic carbocycles. The Bertz CT molecular complexity index is 366. The Morgan fingerprint density at radius 1 is 1.44 bits per heavy atom. The van der Waals surface area contributed by atoms with Gasteiger partial charge in [0, 0.05) is 0 Å². The van der Waals surface area contributed by atoms with Crippen molar-refractivity contribution in [3.8, 4) is 0 Å². The van der Waals surface area contributed by atoms with Gasteiger partial charge in [0.05, 0.1) is 5.41 Å². The van der Waals surface area contributed by atoms with Crippen molar-refractivity contribution in [2.24, 2.45) is 5.92 Å². The minimum atomic E-state index is -0.447. The van der Waals surface area contributed by atoms with E-state index < -0.39 is 5.41 Å². The molecule has 0 radical (unpaired) electrons. The third kappa shape index (κ3) is 2.08. The lowest BCUT2D eigenvalue weighted by atomic mass is 9.68. The number of hydrogen-bond acceptors (Lipinski definition) is 1. The smallest absolute Gasteiger partial charge is 0.140 e. The average Bonchev–Trinajstić information content (AvgIpc) is 2.31. The Morgan fingerprint density at radius 3 is 2.38 bits per heavy atom. The van der Waals surface area contributed by atoms with Gasteiger partial charge in [-0.3, -0.25) is 4.79 Å². The van der Waals surface area contributed by atoms with Crippen molar-refractivity contribution in [3.05, 3.63) is 48.6 Å². The lowest BCUT2D eigenvalue weighted by Gasteiger charge is -2.33. The molecule has 1 heteroatoms. The molecular weight excluding hydrogens is 196 g/mol. The molecule has 1 aromatic rings. The quantitative estimate of drug-likeness (QED) is 0.685. The van der Waals surface area contributed by atoms with Gasteiger partial charge in [-0.25, -0.2) is 0 Å². The topological polar surface area (TPSA) is 17.1 Å². The number of carbonyl (C=O) groups excluding carboxylic acids is 1. The van der Waals surface area contributed by atoms with Gasteiger partial charge in [0.15, 0.2) is 0 Å². The van der Waals surface area contributed by atoms with Crippen molar-refractivity contribution in [1.82, 2.24) is 0 Å². The Kier molecular flexibility index (Phi) is 4.05. The van der Waals surface area contributed by atoms with Gasteiger partial charge < -0.3 is 0 Å². The summed E-state index contributed by atoms with van der Waals surface area (Å²) in [6, 6.07) is 9.97. The Hall–Kier alpha value is -1.37. The number of rotatable bonds is 5. The predicted molar refractivity (Wildman–Crippen MR) is 68.5 cm³/mol. The number of Topliss-reactive ketones (excluding diaryl/α,β-unsaturated/α-hetero) is 1. The van der Waals surface area contributed by atoms with Crippen LogP contribution < -0.4 is 0 Å². The second-order valence-corrected chi connectivity index (χ2v) is 4.38. The van der Waals surface area contributed by atoms with Gasteiger partial charge >= 0.3 is 0 Å². The van der Waals surface area contributed by atoms with Crippen molar-refractivity contribution in [1.29, 1.82) is 0 Å². The highest BCUT2D eigenvalue weighted by Crippen LogP contribution is 2.35. The van der Waals surface area contributed by atoms with E-state index in [1.807, 2.05) is 43.3 Å². The molecule has 2 unspecified atom stereocenters. The molecule has 86 valence electrons. The summed E-state index contributed by atoms with van der Waals surface area (Å²) in [7, 11) is 0. The van der Waals surface area contributed by atoms with E-state index in [9.17, 15) is 4.79 Å². The van der Waals surface area contributed by atoms with Gasteiger partial charge in [-0.1, -0.05) is 43.3 Å². The van der Waals surface area contributed by atoms with Crippen LogP contribution in [0.1, 0.15) is 32.8 Å². The maximum absolute atomic E-state index is 12.0. The first-order valence-electron chi connectivity index (χ1n) is 5.76. The molecule has 1 nitrogen and oxygen atoms in total. The van der Waals surface area contributed by atoms with Gasteiger partial charge in [-0.15, -0.1) is 6.58 Å². The zero-order valence-electron chi connectivity index (χ0n) is 10.4. The molecule has 0 amide bonds. The first-order valence-corrected chi connectivity index (χ1v) is 5.76. The Balaban J connectivity index is 3.26. The van der Waals surface area contributed by atoms with Gasteiger partial charge in [-0.05, 0) is 31.7 Å². The minimum Gasteiger partial charge on any atom is -0.299 e. The van der Waals surface area contributed by atoms with Crippen molar-refractivity contribution in [3.63, 3.8) is 0 Å². The summed E-state index contributed by atoms with van der Waals surface area (Å²) in [5.41, 5.74) is 0.631. The highest BCUT2D eigenvalue weighted by Gasteiger charge is 2.37. The van der Waals surface area contributed by atoms with Crippen LogP contribution in [0.25, 0.3) is 0 Å². The van der Waals surface area contributed by atoms with Crippen LogP contribution in [0.15, 0.2) is 43.0 Å². The minimum absolute atomic E-state index is 0.187. The zero-order valence-corrected chi connectivity index (χ0v) is 10.4. The van der Waals surface area contributed by atoms with Crippen LogP contribution in [0.5, 0.6) is 0 Å². The average molecular weight is 216 g/mol. The van der Waals surface area contributed by atoms with Crippen molar-refractivity contribution >= 4 is 5.78 Å². The molecule has 16 heavy (non-hydrogen) atoms. The molecule has 1 rings (SSSR count). The van der Waals surface area contributed by atoms with E-state index in [2.05, 4.69) is 13.5 Å². The van der Waals surface area contributed by atoms with Crippen LogP contribution in [0.2, 0.25) is 0 Å². The predicted octanol–water partition coefficient (Wildman–Crippen LogP) is 3.75. The first-order chi connectivity index (χ1) is 7.57. The van der Waals surface area contributed by atoms with Crippen molar-refractivity contribution in [2.75, 3.05) is 0 Å². The summed E-state index contributed by atoms with van der Waals surface area (Å²) in [4.78, 5) is 12.0. The van der Waals surface area contributed by atoms with E-state index in [1.54, 1.807) is 6.92 Å². The Labute approximate surface area is 98.2 Å². The molecular formula is C15H20O. The summed E-state index contributed by atoms with van der Waals surface area (Å²) >= 11 is 0. The standard InChI is InChI=1S/C15H20O/c1-5-13(6-2)15(4,12(3)16)14-10-8-7-9-11-14/h5,7-11,13H,1,6H2,2-4H3. The molecule has 2 atom stereocenters. The van der Waals surface area contributed by atoms with E-state index >= 15 is 0 Å². The third-order valence-corrected chi connectivity index (χ3v) is 3.57. The molecule has 0 fully saturated rings. The van der Waals surface area contributed by atoms with E-state index in [4.69, 9.17) is 0 Å². The summed E-state index contributed by atoms with van der Waals surface area (Å²) in [5.74, 6) is 0.387. The number of carbonyl (C=O) groups is 1. The van der Waals surface area contributed by atoms with Crippen LogP contribution in [-0.2, 0) is 10.2 Å². The third-order valence-electron chi connectivity index (χ3n) is 3.57. The molecule has 0 heterocycles. The zero-order chi connectivity index (χ0) is 12.2. The molecule has 0 spiro atoms. The molecule has 0 aliphatic carbocycles. The normalized spacial score (nSPS) is 16.2. The van der Waals surface area contributed by atoms with E-state index in [0.29, 0.717) is 0 Å². The van der Waals surface area contributed by atoms with E-state index in [-0.39, 0.29) is 11.7 Å². The van der Waals surface area contributed by atoms with Crippen molar-refractivity contribution < 1.29 is 4.79 Å². The summed E-state index contributed by atoms with van der Waals surface area (Å²) in [6.07, 6.45) is 2.82. The fraction of sp³-hybridized carbons (Fsp3) is 0.400. The SMILES string of the molecule is C=CC(CC)C(C)(C(C)=O)c1ccccc1. The van der Waals surface area contributed by atoms with E-state index in [0.717, 1.165) is 12.0 Å². The maximum Gasteiger partial charge on any atom is 0.140 e. The fourth-order valence-electron chi connectivity index (χ4n) is 2.27. The number of hydrogen-bond donors (Lipinski definition) is 0. The van der Waals surface area contributed by atoms with Gasteiger partial charge in [-0.2, -0.15) is 0 Å². The summed E-state index contributed by atoms with van der Waals surface area (Å²) in [6.45, 7) is 9.63. The molecule has 0 bridgehead atoms. The second kappa shape index (κ2) is 5.11. The van der Waals surface area contributed by atoms with Crippen LogP contribution in [0, 0.1) is 5.92 Å². The highest BCUT2D eigenvalue weighted by molar-refractivity contribution is 5.88. The van der Waals surface area contributed by atoms with Crippen LogP contribution in [-0.4, -0.2) is 5.78 Å². The van der Waals surface area contributed by atoms with E-state index in [1.165, 1.54) is 0 Å². The molecule has 0 aliphatic rings. The largest absolute Gasteiger partial charge is 0.299 e. The summed E-state index contributed by atoms with van der Waals surface area (Å²) in [5, 5.41) is 0. The lowest BCUT2D eigenvalue weighted by molar-refractivity contribution is -0.123. The molecule has 0 aliphatic heterocycles. The molecule has 0 saturated heterocycles. The second-order valence-electron chi connectivity index (χ2n) is 4.38. The van der Waals surface area contributed by atoms with Crippen LogP contribution in [0.4, 0.5) is 0 Å². The maximum atomic E-state index is 12.0. The molecule has 0 N–H and O–H groups in total. The monoisotopic (exact) mass is 216 g/mol. The van der Waals surface area contributed by atoms with Crippen molar-refractivity contribution in [2.45, 2.75) is 32.6 Å². The number of allylic oxidation sites excluding steroid dienone is 1. The number of ketones is 1. The molecule has 0 aromatic heterocycles. The number of benzene rings is 1. The first kappa shape index (κ1) is 12.7. The fourth-order valence-corrected chi connectivity index (χ4v) is 2.27. The lowest BCUT2D eigenvalue weighted by Crippen LogP contribution is -2.37. The van der Waals surface area contributed by atoms with Crippen LogP contribution >= 0.6 is 0 Å². The van der Waals surface area contributed by atoms with Gasteiger partial charge in [0.1, 0.15) is 5.78 Å². The highest BCUT2D eigenvalue weighted by atomic mass is 16.1. The summed E-state index contributed by atoms with van der Waals surface area (Å²) < 4.78 is 0. The van der Waals surface area contributed by atoms with Gasteiger partial charge in [0.25, 0.3) is 0 Å². The Morgan fingerprint density at radius 2 is 2.00 bits per heavy atom.